The van der Waals surface area contributed by atoms with Crippen molar-refractivity contribution in [3.05, 3.63) is 34.3 Å². The van der Waals surface area contributed by atoms with Gasteiger partial charge in [-0.05, 0) is 6.07 Å². The molecule has 1 heterocycles. The van der Waals surface area contributed by atoms with E-state index in [2.05, 4.69) is 30.9 Å². The molecule has 1 aromatic carbocycles. The lowest BCUT2D eigenvalue weighted by molar-refractivity contribution is 0.280. The minimum Gasteiger partial charge on any atom is -0.458 e. The number of anilines is 2. The first-order chi connectivity index (χ1) is 9.06. The third-order valence-electron chi connectivity index (χ3n) is 2.33. The molecule has 0 amide bonds. The number of benzene rings is 1. The van der Waals surface area contributed by atoms with Crippen molar-refractivity contribution in [3.63, 3.8) is 0 Å². The third-order valence-corrected chi connectivity index (χ3v) is 3.11. The lowest BCUT2D eigenvalue weighted by Gasteiger charge is -2.12. The molecule has 0 saturated carbocycles. The number of halogens is 1. The van der Waals surface area contributed by atoms with Crippen molar-refractivity contribution < 1.29 is 4.74 Å². The predicted octanol–water partition coefficient (Wildman–Crippen LogP) is 1.86. The van der Waals surface area contributed by atoms with Gasteiger partial charge in [0.05, 0.1) is 0 Å². The Morgan fingerprint density at radius 1 is 1.21 bits per heavy atom. The Labute approximate surface area is 119 Å². The maximum absolute atomic E-state index is 5.62. The largest absolute Gasteiger partial charge is 0.458 e. The van der Waals surface area contributed by atoms with Crippen molar-refractivity contribution in [2.75, 3.05) is 24.7 Å². The summed E-state index contributed by atoms with van der Waals surface area (Å²) in [6.45, 7) is 0.359. The summed E-state index contributed by atoms with van der Waals surface area (Å²) in [6, 6.07) is 8.01. The zero-order valence-electron chi connectivity index (χ0n) is 10.7. The molecule has 2 aromatic rings. The quantitative estimate of drug-likeness (QED) is 0.925. The van der Waals surface area contributed by atoms with Crippen molar-refractivity contribution in [1.29, 1.82) is 0 Å². The van der Waals surface area contributed by atoms with E-state index in [0.717, 1.165) is 10.0 Å². The molecule has 0 spiro atoms. The second-order valence-corrected chi connectivity index (χ2v) is 4.91. The van der Waals surface area contributed by atoms with Crippen LogP contribution in [0.4, 0.5) is 11.9 Å². The molecule has 0 aliphatic carbocycles. The first-order valence-corrected chi connectivity index (χ1v) is 6.40. The van der Waals surface area contributed by atoms with E-state index in [1.165, 1.54) is 0 Å². The molecule has 6 nitrogen and oxygen atoms in total. The topological polar surface area (TPSA) is 77.2 Å². The second kappa shape index (κ2) is 5.83. The van der Waals surface area contributed by atoms with Gasteiger partial charge in [0.1, 0.15) is 6.61 Å². The lowest BCUT2D eigenvalue weighted by Crippen LogP contribution is -2.15. The van der Waals surface area contributed by atoms with Gasteiger partial charge in [-0.25, -0.2) is 0 Å². The molecule has 0 radical (unpaired) electrons. The monoisotopic (exact) mass is 323 g/mol. The van der Waals surface area contributed by atoms with Crippen molar-refractivity contribution in [3.8, 4) is 6.01 Å². The molecular formula is C12H14BrN5O. The smallest absolute Gasteiger partial charge is 0.323 e. The summed E-state index contributed by atoms with van der Waals surface area (Å²) in [6.07, 6.45) is 0. The highest BCUT2D eigenvalue weighted by Gasteiger charge is 2.08. The molecule has 2 rings (SSSR count). The highest BCUT2D eigenvalue weighted by Crippen LogP contribution is 2.18. The molecule has 19 heavy (non-hydrogen) atoms. The van der Waals surface area contributed by atoms with Crippen LogP contribution < -0.4 is 15.4 Å². The number of hydrogen-bond donors (Lipinski definition) is 1. The van der Waals surface area contributed by atoms with Crippen molar-refractivity contribution in [2.45, 2.75) is 6.61 Å². The fourth-order valence-electron chi connectivity index (χ4n) is 1.38. The molecule has 2 N–H and O–H groups in total. The second-order valence-electron chi connectivity index (χ2n) is 4.05. The molecule has 0 saturated heterocycles. The van der Waals surface area contributed by atoms with Gasteiger partial charge in [0.25, 0.3) is 0 Å². The van der Waals surface area contributed by atoms with Crippen LogP contribution in [0.5, 0.6) is 6.01 Å². The fourth-order valence-corrected chi connectivity index (χ4v) is 1.78. The Morgan fingerprint density at radius 2 is 1.95 bits per heavy atom. The first-order valence-electron chi connectivity index (χ1n) is 5.61. The minimum atomic E-state index is 0.140. The third kappa shape index (κ3) is 3.54. The van der Waals surface area contributed by atoms with Crippen LogP contribution in [0.15, 0.2) is 28.7 Å². The van der Waals surface area contributed by atoms with Gasteiger partial charge in [-0.15, -0.1) is 0 Å². The fraction of sp³-hybridized carbons (Fsp3) is 0.250. The van der Waals surface area contributed by atoms with Crippen LogP contribution in [0.2, 0.25) is 0 Å². The van der Waals surface area contributed by atoms with E-state index >= 15 is 0 Å². The van der Waals surface area contributed by atoms with Crippen LogP contribution in [0.1, 0.15) is 5.56 Å². The zero-order valence-corrected chi connectivity index (χ0v) is 12.3. The molecule has 1 aromatic heterocycles. The average molecular weight is 324 g/mol. The molecule has 7 heteroatoms. The average Bonchev–Trinajstić information content (AvgIpc) is 2.37. The highest BCUT2D eigenvalue weighted by molar-refractivity contribution is 9.10. The molecule has 0 aliphatic heterocycles. The molecule has 0 unspecified atom stereocenters. The summed E-state index contributed by atoms with van der Waals surface area (Å²) in [7, 11) is 3.65. The van der Waals surface area contributed by atoms with Gasteiger partial charge in [-0.1, -0.05) is 34.1 Å². The number of hydrogen-bond acceptors (Lipinski definition) is 6. The van der Waals surface area contributed by atoms with Gasteiger partial charge in [0.15, 0.2) is 0 Å². The Balaban J connectivity index is 2.14. The number of rotatable bonds is 4. The number of aromatic nitrogens is 3. The summed E-state index contributed by atoms with van der Waals surface area (Å²) in [5.41, 5.74) is 6.63. The van der Waals surface area contributed by atoms with E-state index < -0.39 is 0 Å². The van der Waals surface area contributed by atoms with Gasteiger partial charge in [-0.2, -0.15) is 15.0 Å². The van der Waals surface area contributed by atoms with Gasteiger partial charge in [-0.3, -0.25) is 0 Å². The number of nitrogen functional groups attached to an aromatic ring is 1. The lowest BCUT2D eigenvalue weighted by atomic mass is 10.2. The van der Waals surface area contributed by atoms with Gasteiger partial charge in [0, 0.05) is 24.1 Å². The van der Waals surface area contributed by atoms with Crippen LogP contribution >= 0.6 is 15.9 Å². The minimum absolute atomic E-state index is 0.140. The zero-order chi connectivity index (χ0) is 13.8. The van der Waals surface area contributed by atoms with Crippen molar-refractivity contribution >= 4 is 27.8 Å². The van der Waals surface area contributed by atoms with E-state index in [1.807, 2.05) is 38.4 Å². The molecule has 100 valence electrons. The Bertz CT molecular complexity index is 576. The molecular weight excluding hydrogens is 310 g/mol. The summed E-state index contributed by atoms with van der Waals surface area (Å²) < 4.78 is 6.52. The standard InChI is InChI=1S/C12H14BrN5O/c1-18(2)11-15-10(14)16-12(17-11)19-7-8-5-3-4-6-9(8)13/h3-6H,7H2,1-2H3,(H2,14,15,16,17). The summed E-state index contributed by atoms with van der Waals surface area (Å²) in [5.74, 6) is 0.607. The van der Waals surface area contributed by atoms with Gasteiger partial charge in [0.2, 0.25) is 11.9 Å². The van der Waals surface area contributed by atoms with E-state index in [4.69, 9.17) is 10.5 Å². The van der Waals surface area contributed by atoms with Crippen LogP contribution in [0.3, 0.4) is 0 Å². The maximum atomic E-state index is 5.62. The molecule has 0 fully saturated rings. The van der Waals surface area contributed by atoms with E-state index in [9.17, 15) is 0 Å². The first kappa shape index (κ1) is 13.5. The number of nitrogens with zero attached hydrogens (tertiary/aromatic N) is 4. The van der Waals surface area contributed by atoms with E-state index in [0.29, 0.717) is 12.6 Å². The normalized spacial score (nSPS) is 10.3. The SMILES string of the molecule is CN(C)c1nc(N)nc(OCc2ccccc2Br)n1. The summed E-state index contributed by atoms with van der Waals surface area (Å²) in [4.78, 5) is 13.9. The van der Waals surface area contributed by atoms with E-state index in [-0.39, 0.29) is 12.0 Å². The van der Waals surface area contributed by atoms with Gasteiger partial charge >= 0.3 is 6.01 Å². The Morgan fingerprint density at radius 3 is 2.63 bits per heavy atom. The van der Waals surface area contributed by atoms with Crippen LogP contribution in [-0.4, -0.2) is 29.0 Å². The van der Waals surface area contributed by atoms with Gasteiger partial charge < -0.3 is 15.4 Å². The number of nitrogens with two attached hydrogens (primary N) is 1. The highest BCUT2D eigenvalue weighted by atomic mass is 79.9. The van der Waals surface area contributed by atoms with Crippen LogP contribution in [-0.2, 0) is 6.61 Å². The van der Waals surface area contributed by atoms with Crippen LogP contribution in [0, 0.1) is 0 Å². The van der Waals surface area contributed by atoms with Crippen LogP contribution in [0.25, 0.3) is 0 Å². The van der Waals surface area contributed by atoms with Crippen molar-refractivity contribution in [2.24, 2.45) is 0 Å². The Kier molecular flexibility index (Phi) is 4.16. The molecule has 0 atom stereocenters. The maximum Gasteiger partial charge on any atom is 0.323 e. The number of ether oxygens (including phenoxy) is 1. The Hall–Kier alpha value is -1.89. The molecule has 0 aliphatic rings. The molecule has 0 bridgehead atoms. The summed E-state index contributed by atoms with van der Waals surface area (Å²) >= 11 is 3.46. The summed E-state index contributed by atoms with van der Waals surface area (Å²) in [5, 5.41) is 0. The predicted molar refractivity (Wildman–Crippen MR) is 77.0 cm³/mol. The van der Waals surface area contributed by atoms with Crippen molar-refractivity contribution in [1.82, 2.24) is 15.0 Å². The van der Waals surface area contributed by atoms with E-state index in [1.54, 1.807) is 4.90 Å².